The fraction of sp³-hybridized carbons (Fsp3) is 0.133. The normalized spacial score (nSPS) is 11.8. The molecule has 0 heterocycles. The molecule has 2 aromatic carbocycles. The molecule has 4 nitrogen and oxygen atoms in total. The number of carbonyl (C=O) groups excluding carboxylic acids is 1. The van der Waals surface area contributed by atoms with E-state index in [1.165, 1.54) is 24.3 Å². The van der Waals surface area contributed by atoms with E-state index in [9.17, 15) is 14.3 Å². The number of urea groups is 1. The van der Waals surface area contributed by atoms with Gasteiger partial charge in [0.15, 0.2) is 0 Å². The number of anilines is 2. The highest BCUT2D eigenvalue weighted by Gasteiger charge is 2.04. The molecule has 0 saturated heterocycles. The number of aliphatic hydroxyl groups is 1. The van der Waals surface area contributed by atoms with Gasteiger partial charge in [0.2, 0.25) is 0 Å². The molecule has 2 amide bonds. The predicted molar refractivity (Wildman–Crippen MR) is 76.1 cm³/mol. The van der Waals surface area contributed by atoms with Crippen molar-refractivity contribution in [3.63, 3.8) is 0 Å². The molecule has 0 aromatic heterocycles. The van der Waals surface area contributed by atoms with Gasteiger partial charge in [-0.1, -0.05) is 12.1 Å². The first-order valence-corrected chi connectivity index (χ1v) is 6.16. The minimum absolute atomic E-state index is 0.357. The number of aliphatic hydroxyl groups excluding tert-OH is 1. The Morgan fingerprint density at radius 1 is 1.00 bits per heavy atom. The number of rotatable bonds is 3. The Balaban J connectivity index is 1.95. The Morgan fingerprint density at radius 2 is 1.45 bits per heavy atom. The molecule has 0 spiro atoms. The highest BCUT2D eigenvalue weighted by Crippen LogP contribution is 2.16. The van der Waals surface area contributed by atoms with E-state index in [0.717, 1.165) is 5.56 Å². The zero-order chi connectivity index (χ0) is 14.5. The molecule has 2 aromatic rings. The topological polar surface area (TPSA) is 61.4 Å². The third kappa shape index (κ3) is 3.80. The summed E-state index contributed by atoms with van der Waals surface area (Å²) in [5.74, 6) is -0.357. The van der Waals surface area contributed by atoms with Crippen LogP contribution in [-0.4, -0.2) is 11.1 Å². The Kier molecular flexibility index (Phi) is 4.32. The lowest BCUT2D eigenvalue weighted by atomic mass is 10.1. The van der Waals surface area contributed by atoms with Gasteiger partial charge in [0.05, 0.1) is 6.10 Å². The molecule has 0 aliphatic heterocycles. The molecule has 5 heteroatoms. The molecular weight excluding hydrogens is 259 g/mol. The summed E-state index contributed by atoms with van der Waals surface area (Å²) in [5.41, 5.74) is 1.88. The fourth-order valence-electron chi connectivity index (χ4n) is 1.67. The van der Waals surface area contributed by atoms with Crippen LogP contribution in [0.3, 0.4) is 0 Å². The zero-order valence-electron chi connectivity index (χ0n) is 10.9. The van der Waals surface area contributed by atoms with E-state index in [1.54, 1.807) is 31.2 Å². The second-order valence-electron chi connectivity index (χ2n) is 4.38. The van der Waals surface area contributed by atoms with Crippen LogP contribution in [0.15, 0.2) is 48.5 Å². The molecule has 0 saturated carbocycles. The maximum absolute atomic E-state index is 12.7. The minimum Gasteiger partial charge on any atom is -0.389 e. The van der Waals surface area contributed by atoms with Crippen LogP contribution < -0.4 is 10.6 Å². The largest absolute Gasteiger partial charge is 0.389 e. The molecule has 0 bridgehead atoms. The first kappa shape index (κ1) is 14.0. The summed E-state index contributed by atoms with van der Waals surface area (Å²) in [6, 6.07) is 12.0. The van der Waals surface area contributed by atoms with E-state index in [4.69, 9.17) is 0 Å². The lowest BCUT2D eigenvalue weighted by molar-refractivity contribution is 0.199. The van der Waals surface area contributed by atoms with Gasteiger partial charge < -0.3 is 15.7 Å². The predicted octanol–water partition coefficient (Wildman–Crippen LogP) is 3.52. The molecule has 3 N–H and O–H groups in total. The molecule has 2 rings (SSSR count). The van der Waals surface area contributed by atoms with Gasteiger partial charge in [-0.3, -0.25) is 0 Å². The van der Waals surface area contributed by atoms with Crippen molar-refractivity contribution < 1.29 is 14.3 Å². The molecule has 104 valence electrons. The summed E-state index contributed by atoms with van der Waals surface area (Å²) in [7, 11) is 0. The summed E-state index contributed by atoms with van der Waals surface area (Å²) < 4.78 is 12.7. The number of nitrogens with one attached hydrogen (secondary N) is 2. The van der Waals surface area contributed by atoms with Crippen LogP contribution in [0, 0.1) is 5.82 Å². The Bertz CT molecular complexity index is 580. The van der Waals surface area contributed by atoms with E-state index < -0.39 is 12.1 Å². The van der Waals surface area contributed by atoms with E-state index in [1.807, 2.05) is 0 Å². The maximum atomic E-state index is 12.7. The van der Waals surface area contributed by atoms with E-state index >= 15 is 0 Å². The average molecular weight is 274 g/mol. The first-order chi connectivity index (χ1) is 9.54. The first-order valence-electron chi connectivity index (χ1n) is 6.16. The van der Waals surface area contributed by atoms with Crippen LogP contribution in [0.5, 0.6) is 0 Å². The summed E-state index contributed by atoms with van der Waals surface area (Å²) in [6.07, 6.45) is -0.544. The number of benzene rings is 2. The van der Waals surface area contributed by atoms with Crippen LogP contribution in [0.25, 0.3) is 0 Å². The molecule has 0 aliphatic carbocycles. The molecular formula is C15H15FN2O2. The number of amides is 2. The Morgan fingerprint density at radius 3 is 1.90 bits per heavy atom. The Hall–Kier alpha value is -2.40. The molecule has 0 radical (unpaired) electrons. The lowest BCUT2D eigenvalue weighted by Crippen LogP contribution is -2.19. The summed E-state index contributed by atoms with van der Waals surface area (Å²) in [4.78, 5) is 11.7. The maximum Gasteiger partial charge on any atom is 0.323 e. The van der Waals surface area contributed by atoms with Gasteiger partial charge in [-0.2, -0.15) is 0 Å². The molecule has 0 aliphatic rings. The third-order valence-corrected chi connectivity index (χ3v) is 2.75. The van der Waals surface area contributed by atoms with E-state index in [2.05, 4.69) is 10.6 Å². The number of halogens is 1. The van der Waals surface area contributed by atoms with Gasteiger partial charge in [0.25, 0.3) is 0 Å². The van der Waals surface area contributed by atoms with E-state index in [-0.39, 0.29) is 5.82 Å². The summed E-state index contributed by atoms with van der Waals surface area (Å²) in [6.45, 7) is 1.67. The van der Waals surface area contributed by atoms with Gasteiger partial charge in [-0.25, -0.2) is 9.18 Å². The number of carbonyl (C=O) groups is 1. The van der Waals surface area contributed by atoms with Crippen molar-refractivity contribution in [2.75, 3.05) is 10.6 Å². The summed E-state index contributed by atoms with van der Waals surface area (Å²) in [5, 5.41) is 14.6. The van der Waals surface area contributed by atoms with Crippen molar-refractivity contribution in [1.82, 2.24) is 0 Å². The van der Waals surface area contributed by atoms with Crippen molar-refractivity contribution in [1.29, 1.82) is 0 Å². The molecule has 1 unspecified atom stereocenters. The average Bonchev–Trinajstić information content (AvgIpc) is 2.42. The highest BCUT2D eigenvalue weighted by molar-refractivity contribution is 5.99. The van der Waals surface area contributed by atoms with E-state index in [0.29, 0.717) is 11.4 Å². The van der Waals surface area contributed by atoms with Crippen molar-refractivity contribution in [3.8, 4) is 0 Å². The molecule has 0 fully saturated rings. The smallest absolute Gasteiger partial charge is 0.323 e. The minimum atomic E-state index is -0.544. The molecule has 1 atom stereocenters. The van der Waals surface area contributed by atoms with Gasteiger partial charge in [0.1, 0.15) is 5.82 Å². The van der Waals surface area contributed by atoms with Crippen LogP contribution in [0.2, 0.25) is 0 Å². The van der Waals surface area contributed by atoms with Crippen molar-refractivity contribution in [2.45, 2.75) is 13.0 Å². The van der Waals surface area contributed by atoms with Crippen LogP contribution in [0.4, 0.5) is 20.6 Å². The van der Waals surface area contributed by atoms with Crippen molar-refractivity contribution in [3.05, 3.63) is 59.9 Å². The van der Waals surface area contributed by atoms with Gasteiger partial charge in [-0.15, -0.1) is 0 Å². The van der Waals surface area contributed by atoms with Gasteiger partial charge in [-0.05, 0) is 48.9 Å². The van der Waals surface area contributed by atoms with Crippen molar-refractivity contribution in [2.24, 2.45) is 0 Å². The number of hydrogen-bond donors (Lipinski definition) is 3. The van der Waals surface area contributed by atoms with Gasteiger partial charge in [0, 0.05) is 11.4 Å². The Labute approximate surface area is 116 Å². The lowest BCUT2D eigenvalue weighted by Gasteiger charge is -2.09. The SMILES string of the molecule is CC(O)c1ccc(NC(=O)Nc2ccc(F)cc2)cc1. The zero-order valence-corrected chi connectivity index (χ0v) is 10.9. The quantitative estimate of drug-likeness (QED) is 0.802. The van der Waals surface area contributed by atoms with Crippen LogP contribution in [-0.2, 0) is 0 Å². The van der Waals surface area contributed by atoms with Crippen LogP contribution in [0.1, 0.15) is 18.6 Å². The van der Waals surface area contributed by atoms with Gasteiger partial charge >= 0.3 is 6.03 Å². The second-order valence-corrected chi connectivity index (χ2v) is 4.38. The fourth-order valence-corrected chi connectivity index (χ4v) is 1.67. The highest BCUT2D eigenvalue weighted by atomic mass is 19.1. The number of hydrogen-bond acceptors (Lipinski definition) is 2. The van der Waals surface area contributed by atoms with Crippen LogP contribution >= 0.6 is 0 Å². The second kappa shape index (κ2) is 6.16. The standard InChI is InChI=1S/C15H15FN2O2/c1-10(19)11-2-6-13(7-3-11)17-15(20)18-14-8-4-12(16)5-9-14/h2-10,19H,1H3,(H2,17,18,20). The monoisotopic (exact) mass is 274 g/mol. The third-order valence-electron chi connectivity index (χ3n) is 2.75. The summed E-state index contributed by atoms with van der Waals surface area (Å²) >= 11 is 0. The molecule has 20 heavy (non-hydrogen) atoms. The van der Waals surface area contributed by atoms with Crippen molar-refractivity contribution >= 4 is 17.4 Å².